The van der Waals surface area contributed by atoms with E-state index in [-0.39, 0.29) is 0 Å². The SMILES string of the molecule is C/C(=N\OCc1ccccc1)c1cccc(N2Cc3ccccc3C2)c1. The Morgan fingerprint density at radius 3 is 2.31 bits per heavy atom. The second-order valence-electron chi connectivity index (χ2n) is 6.61. The van der Waals surface area contributed by atoms with Crippen LogP contribution in [0.15, 0.2) is 84.0 Å². The highest BCUT2D eigenvalue weighted by Gasteiger charge is 2.18. The van der Waals surface area contributed by atoms with E-state index in [1.807, 2.05) is 37.3 Å². The predicted molar refractivity (Wildman–Crippen MR) is 106 cm³/mol. The van der Waals surface area contributed by atoms with Crippen molar-refractivity contribution in [2.45, 2.75) is 26.6 Å². The van der Waals surface area contributed by atoms with Crippen molar-refractivity contribution in [3.05, 3.63) is 101 Å². The molecule has 0 atom stereocenters. The fourth-order valence-corrected chi connectivity index (χ4v) is 3.27. The summed E-state index contributed by atoms with van der Waals surface area (Å²) in [5.41, 5.74) is 7.14. The molecule has 0 amide bonds. The summed E-state index contributed by atoms with van der Waals surface area (Å²) in [5, 5.41) is 4.30. The molecule has 0 spiro atoms. The van der Waals surface area contributed by atoms with Gasteiger partial charge in [-0.1, -0.05) is 71.9 Å². The van der Waals surface area contributed by atoms with E-state index in [1.165, 1.54) is 16.8 Å². The number of hydrogen-bond donors (Lipinski definition) is 0. The summed E-state index contributed by atoms with van der Waals surface area (Å²) < 4.78 is 0. The molecule has 130 valence electrons. The first-order valence-corrected chi connectivity index (χ1v) is 8.92. The summed E-state index contributed by atoms with van der Waals surface area (Å²) in [4.78, 5) is 7.92. The third-order valence-corrected chi connectivity index (χ3v) is 4.75. The fraction of sp³-hybridized carbons (Fsp3) is 0.174. The zero-order valence-corrected chi connectivity index (χ0v) is 14.9. The highest BCUT2D eigenvalue weighted by atomic mass is 16.6. The highest BCUT2D eigenvalue weighted by molar-refractivity contribution is 5.99. The number of fused-ring (bicyclic) bond motifs is 1. The number of anilines is 1. The molecule has 0 aromatic heterocycles. The molecule has 1 heterocycles. The van der Waals surface area contributed by atoms with Crippen molar-refractivity contribution in [1.82, 2.24) is 0 Å². The maximum Gasteiger partial charge on any atom is 0.142 e. The van der Waals surface area contributed by atoms with Gasteiger partial charge in [0.25, 0.3) is 0 Å². The lowest BCUT2D eigenvalue weighted by molar-refractivity contribution is 0.130. The van der Waals surface area contributed by atoms with Gasteiger partial charge in [0, 0.05) is 24.3 Å². The van der Waals surface area contributed by atoms with Crippen LogP contribution in [0.4, 0.5) is 5.69 Å². The van der Waals surface area contributed by atoms with Crippen molar-refractivity contribution in [2.24, 2.45) is 5.16 Å². The molecular formula is C23H22N2O. The number of rotatable bonds is 5. The number of nitrogens with zero attached hydrogens (tertiary/aromatic N) is 2. The Morgan fingerprint density at radius 1 is 0.885 bits per heavy atom. The lowest BCUT2D eigenvalue weighted by atomic mass is 10.1. The van der Waals surface area contributed by atoms with Crippen LogP contribution in [0.25, 0.3) is 0 Å². The highest BCUT2D eigenvalue weighted by Crippen LogP contribution is 2.28. The maximum absolute atomic E-state index is 5.53. The minimum absolute atomic E-state index is 0.485. The van der Waals surface area contributed by atoms with Crippen LogP contribution in [0.5, 0.6) is 0 Å². The molecule has 3 nitrogen and oxygen atoms in total. The maximum atomic E-state index is 5.53. The first-order chi connectivity index (χ1) is 12.8. The Labute approximate surface area is 154 Å². The molecule has 3 aromatic rings. The van der Waals surface area contributed by atoms with Crippen LogP contribution in [0.1, 0.15) is 29.2 Å². The van der Waals surface area contributed by atoms with Crippen molar-refractivity contribution in [3.63, 3.8) is 0 Å². The summed E-state index contributed by atoms with van der Waals surface area (Å²) in [6.07, 6.45) is 0. The van der Waals surface area contributed by atoms with Gasteiger partial charge in [-0.3, -0.25) is 0 Å². The molecule has 0 unspecified atom stereocenters. The van der Waals surface area contributed by atoms with Crippen LogP contribution >= 0.6 is 0 Å². The Morgan fingerprint density at radius 2 is 1.58 bits per heavy atom. The lowest BCUT2D eigenvalue weighted by Crippen LogP contribution is -2.14. The van der Waals surface area contributed by atoms with Crippen LogP contribution in [-0.4, -0.2) is 5.71 Å². The largest absolute Gasteiger partial charge is 0.391 e. The van der Waals surface area contributed by atoms with Gasteiger partial charge in [-0.2, -0.15) is 0 Å². The minimum Gasteiger partial charge on any atom is -0.391 e. The van der Waals surface area contributed by atoms with Crippen LogP contribution in [-0.2, 0) is 24.5 Å². The average molecular weight is 342 g/mol. The van der Waals surface area contributed by atoms with Crippen molar-refractivity contribution in [2.75, 3.05) is 4.90 Å². The van der Waals surface area contributed by atoms with Crippen molar-refractivity contribution in [1.29, 1.82) is 0 Å². The fourth-order valence-electron chi connectivity index (χ4n) is 3.27. The minimum atomic E-state index is 0.485. The predicted octanol–water partition coefficient (Wildman–Crippen LogP) is 5.15. The molecule has 0 bridgehead atoms. The normalized spacial score (nSPS) is 13.6. The van der Waals surface area contributed by atoms with E-state index in [2.05, 4.69) is 58.6 Å². The van der Waals surface area contributed by atoms with E-state index in [0.29, 0.717) is 6.61 Å². The molecule has 3 heteroatoms. The number of oxime groups is 1. The molecule has 0 fully saturated rings. The summed E-state index contributed by atoms with van der Waals surface area (Å²) in [6, 6.07) is 27.3. The van der Waals surface area contributed by atoms with Gasteiger partial charge in [0.05, 0.1) is 5.71 Å². The molecule has 0 N–H and O–H groups in total. The van der Waals surface area contributed by atoms with Gasteiger partial charge < -0.3 is 9.74 Å². The average Bonchev–Trinajstić information content (AvgIpc) is 3.13. The summed E-state index contributed by atoms with van der Waals surface area (Å²) in [5.74, 6) is 0. The van der Waals surface area contributed by atoms with Crippen LogP contribution < -0.4 is 4.90 Å². The third kappa shape index (κ3) is 3.62. The Balaban J connectivity index is 1.45. The van der Waals surface area contributed by atoms with Crippen molar-refractivity contribution >= 4 is 11.4 Å². The van der Waals surface area contributed by atoms with Gasteiger partial charge in [0.15, 0.2) is 0 Å². The topological polar surface area (TPSA) is 24.8 Å². The molecule has 1 aliphatic rings. The smallest absolute Gasteiger partial charge is 0.142 e. The van der Waals surface area contributed by atoms with E-state index < -0.39 is 0 Å². The number of benzene rings is 3. The van der Waals surface area contributed by atoms with Gasteiger partial charge in [0.2, 0.25) is 0 Å². The Kier molecular flexibility index (Phi) is 4.69. The second-order valence-corrected chi connectivity index (χ2v) is 6.61. The van der Waals surface area contributed by atoms with E-state index in [4.69, 9.17) is 4.84 Å². The third-order valence-electron chi connectivity index (χ3n) is 4.75. The van der Waals surface area contributed by atoms with Gasteiger partial charge in [-0.15, -0.1) is 0 Å². The molecule has 26 heavy (non-hydrogen) atoms. The van der Waals surface area contributed by atoms with E-state index in [1.54, 1.807) is 0 Å². The standard InChI is InChI=1S/C23H22N2O/c1-18(24-26-17-19-8-3-2-4-9-19)20-12-7-13-23(14-20)25-15-21-10-5-6-11-22(21)16-25/h2-14H,15-17H2,1H3/b24-18+. The van der Waals surface area contributed by atoms with E-state index in [0.717, 1.165) is 29.9 Å². The van der Waals surface area contributed by atoms with E-state index in [9.17, 15) is 0 Å². The van der Waals surface area contributed by atoms with Crippen molar-refractivity contribution < 1.29 is 4.84 Å². The molecule has 0 saturated heterocycles. The molecular weight excluding hydrogens is 320 g/mol. The number of hydrogen-bond acceptors (Lipinski definition) is 3. The second kappa shape index (κ2) is 7.44. The first kappa shape index (κ1) is 16.4. The van der Waals surface area contributed by atoms with E-state index >= 15 is 0 Å². The summed E-state index contributed by atoms with van der Waals surface area (Å²) in [7, 11) is 0. The lowest BCUT2D eigenvalue weighted by Gasteiger charge is -2.18. The van der Waals surface area contributed by atoms with Gasteiger partial charge in [-0.25, -0.2) is 0 Å². The molecule has 0 saturated carbocycles. The summed E-state index contributed by atoms with van der Waals surface area (Å²) >= 11 is 0. The van der Waals surface area contributed by atoms with Crippen LogP contribution in [0, 0.1) is 0 Å². The van der Waals surface area contributed by atoms with Gasteiger partial charge in [0.1, 0.15) is 6.61 Å². The zero-order valence-electron chi connectivity index (χ0n) is 14.9. The Hall–Kier alpha value is -3.07. The van der Waals surface area contributed by atoms with Crippen molar-refractivity contribution in [3.8, 4) is 0 Å². The van der Waals surface area contributed by atoms with Gasteiger partial charge >= 0.3 is 0 Å². The summed E-state index contributed by atoms with van der Waals surface area (Å²) in [6.45, 7) is 4.39. The van der Waals surface area contributed by atoms with Crippen LogP contribution in [0.2, 0.25) is 0 Å². The molecule has 1 aliphatic heterocycles. The first-order valence-electron chi connectivity index (χ1n) is 8.92. The van der Waals surface area contributed by atoms with Crippen LogP contribution in [0.3, 0.4) is 0 Å². The molecule has 4 rings (SSSR count). The molecule has 0 radical (unpaired) electrons. The Bertz CT molecular complexity index is 893. The monoisotopic (exact) mass is 342 g/mol. The molecule has 0 aliphatic carbocycles. The zero-order chi connectivity index (χ0) is 17.8. The molecule has 3 aromatic carbocycles. The quantitative estimate of drug-likeness (QED) is 0.473. The van der Waals surface area contributed by atoms with Gasteiger partial charge in [-0.05, 0) is 35.7 Å².